The number of nitrogens with zero attached hydrogens (tertiary/aromatic N) is 2. The van der Waals surface area contributed by atoms with E-state index in [-0.39, 0.29) is 15.9 Å². The van der Waals surface area contributed by atoms with E-state index in [4.69, 9.17) is 0 Å². The van der Waals surface area contributed by atoms with E-state index in [0.717, 1.165) is 5.69 Å². The molecular formula is C16H21N3O4S. The Morgan fingerprint density at radius 3 is 2.42 bits per heavy atom. The molecule has 0 unspecified atom stereocenters. The lowest BCUT2D eigenvalue weighted by molar-refractivity contribution is 0.0596. The van der Waals surface area contributed by atoms with Crippen molar-refractivity contribution in [2.24, 2.45) is 7.05 Å². The minimum absolute atomic E-state index is 0.0225. The highest BCUT2D eigenvalue weighted by Gasteiger charge is 2.25. The van der Waals surface area contributed by atoms with Gasteiger partial charge in [-0.2, -0.15) is 5.10 Å². The Morgan fingerprint density at radius 1 is 1.25 bits per heavy atom. The first-order chi connectivity index (χ1) is 11.1. The molecule has 0 atom stereocenters. The molecule has 1 N–H and O–H groups in total. The molecule has 0 saturated heterocycles. The van der Waals surface area contributed by atoms with Crippen LogP contribution in [0.1, 0.15) is 36.8 Å². The van der Waals surface area contributed by atoms with Crippen LogP contribution < -0.4 is 4.72 Å². The Hall–Kier alpha value is -2.35. The number of esters is 1. The summed E-state index contributed by atoms with van der Waals surface area (Å²) in [7, 11) is -1.11. The standard InChI is InChI=1S/C16H21N3O4S/c1-16(2,3)13-10-14(19(4)17-13)18-24(21,22)12-9-7-6-8-11(12)15(20)23-5/h6-10,18H,1-5H3. The number of methoxy groups -OCH3 is 1. The van der Waals surface area contributed by atoms with E-state index in [1.165, 1.54) is 23.9 Å². The number of benzene rings is 1. The lowest BCUT2D eigenvalue weighted by Gasteiger charge is -2.13. The molecule has 0 bridgehead atoms. The number of carbonyl (C=O) groups excluding carboxylic acids is 1. The number of aromatic nitrogens is 2. The van der Waals surface area contributed by atoms with Crippen molar-refractivity contribution in [3.8, 4) is 0 Å². The van der Waals surface area contributed by atoms with E-state index < -0.39 is 16.0 Å². The molecule has 1 aromatic carbocycles. The average molecular weight is 351 g/mol. The third kappa shape index (κ3) is 3.59. The van der Waals surface area contributed by atoms with Crippen molar-refractivity contribution in [2.75, 3.05) is 11.8 Å². The Labute approximate surface area is 141 Å². The zero-order valence-electron chi connectivity index (χ0n) is 14.3. The number of anilines is 1. The van der Waals surface area contributed by atoms with Gasteiger partial charge in [0.15, 0.2) is 0 Å². The van der Waals surface area contributed by atoms with Crippen molar-refractivity contribution < 1.29 is 17.9 Å². The van der Waals surface area contributed by atoms with Crippen LogP contribution in [0.15, 0.2) is 35.2 Å². The molecule has 2 rings (SSSR count). The second kappa shape index (κ2) is 6.27. The highest BCUT2D eigenvalue weighted by atomic mass is 32.2. The van der Waals surface area contributed by atoms with Gasteiger partial charge in [0.25, 0.3) is 10.0 Å². The summed E-state index contributed by atoms with van der Waals surface area (Å²) in [5.74, 6) is -0.393. The quantitative estimate of drug-likeness (QED) is 0.854. The molecular weight excluding hydrogens is 330 g/mol. The fourth-order valence-corrected chi connectivity index (χ4v) is 3.38. The third-order valence-corrected chi connectivity index (χ3v) is 4.88. The van der Waals surface area contributed by atoms with Gasteiger partial charge in [-0.05, 0) is 12.1 Å². The summed E-state index contributed by atoms with van der Waals surface area (Å²) >= 11 is 0. The maximum absolute atomic E-state index is 12.7. The molecule has 24 heavy (non-hydrogen) atoms. The van der Waals surface area contributed by atoms with Crippen molar-refractivity contribution in [1.29, 1.82) is 0 Å². The first-order valence-corrected chi connectivity index (χ1v) is 8.79. The Balaban J connectivity index is 2.44. The molecule has 0 amide bonds. The van der Waals surface area contributed by atoms with Crippen LogP contribution >= 0.6 is 0 Å². The second-order valence-electron chi connectivity index (χ2n) is 6.38. The van der Waals surface area contributed by atoms with Crippen LogP contribution in [-0.4, -0.2) is 31.3 Å². The highest BCUT2D eigenvalue weighted by molar-refractivity contribution is 7.92. The van der Waals surface area contributed by atoms with E-state index in [0.29, 0.717) is 5.82 Å². The number of hydrogen-bond acceptors (Lipinski definition) is 5. The molecule has 130 valence electrons. The van der Waals surface area contributed by atoms with Crippen LogP contribution in [-0.2, 0) is 27.2 Å². The summed E-state index contributed by atoms with van der Waals surface area (Å²) in [5, 5.41) is 4.33. The van der Waals surface area contributed by atoms with Crippen LogP contribution in [0, 0.1) is 0 Å². The maximum atomic E-state index is 12.7. The number of sulfonamides is 1. The molecule has 1 aromatic heterocycles. The predicted molar refractivity (Wildman–Crippen MR) is 90.5 cm³/mol. The Bertz CT molecular complexity index is 864. The van der Waals surface area contributed by atoms with Gasteiger partial charge in [-0.15, -0.1) is 0 Å². The first kappa shape index (κ1) is 18.0. The van der Waals surface area contributed by atoms with Crippen molar-refractivity contribution in [2.45, 2.75) is 31.1 Å². The van der Waals surface area contributed by atoms with Crippen LogP contribution in [0.25, 0.3) is 0 Å². The van der Waals surface area contributed by atoms with Crippen LogP contribution in [0.5, 0.6) is 0 Å². The molecule has 0 aliphatic heterocycles. The Kier molecular flexibility index (Phi) is 4.70. The van der Waals surface area contributed by atoms with E-state index >= 15 is 0 Å². The largest absolute Gasteiger partial charge is 0.465 e. The summed E-state index contributed by atoms with van der Waals surface area (Å²) in [6.45, 7) is 5.96. The van der Waals surface area contributed by atoms with E-state index in [1.807, 2.05) is 20.8 Å². The van der Waals surface area contributed by atoms with Crippen molar-refractivity contribution in [1.82, 2.24) is 9.78 Å². The molecule has 2 aromatic rings. The van der Waals surface area contributed by atoms with Gasteiger partial charge in [0, 0.05) is 18.5 Å². The highest BCUT2D eigenvalue weighted by Crippen LogP contribution is 2.25. The number of carbonyl (C=O) groups is 1. The molecule has 0 radical (unpaired) electrons. The zero-order chi connectivity index (χ0) is 18.1. The van der Waals surface area contributed by atoms with Gasteiger partial charge < -0.3 is 4.74 Å². The minimum atomic E-state index is -3.97. The van der Waals surface area contributed by atoms with Crippen molar-refractivity contribution >= 4 is 21.8 Å². The van der Waals surface area contributed by atoms with Crippen LogP contribution in [0.4, 0.5) is 5.82 Å². The Morgan fingerprint density at radius 2 is 1.88 bits per heavy atom. The maximum Gasteiger partial charge on any atom is 0.339 e. The number of nitrogens with one attached hydrogen (secondary N) is 1. The summed E-state index contributed by atoms with van der Waals surface area (Å²) in [5.41, 5.74) is 0.514. The topological polar surface area (TPSA) is 90.3 Å². The molecule has 0 saturated carbocycles. The summed E-state index contributed by atoms with van der Waals surface area (Å²) < 4.78 is 34.0. The lowest BCUT2D eigenvalue weighted by atomic mass is 9.92. The normalized spacial score (nSPS) is 12.0. The minimum Gasteiger partial charge on any atom is -0.465 e. The van der Waals surface area contributed by atoms with Gasteiger partial charge in [-0.3, -0.25) is 9.40 Å². The fraction of sp³-hybridized carbons (Fsp3) is 0.375. The number of aryl methyl sites for hydroxylation is 1. The van der Waals surface area contributed by atoms with E-state index in [2.05, 4.69) is 14.6 Å². The summed E-state index contributed by atoms with van der Waals surface area (Å²) in [6.07, 6.45) is 0. The van der Waals surface area contributed by atoms with Gasteiger partial charge in [0.1, 0.15) is 10.7 Å². The van der Waals surface area contributed by atoms with Gasteiger partial charge >= 0.3 is 5.97 Å². The number of rotatable bonds is 4. The van der Waals surface area contributed by atoms with Crippen molar-refractivity contribution in [3.05, 3.63) is 41.6 Å². The summed E-state index contributed by atoms with van der Waals surface area (Å²) in [4.78, 5) is 11.7. The van der Waals surface area contributed by atoms with Gasteiger partial charge in [0.05, 0.1) is 18.4 Å². The van der Waals surface area contributed by atoms with E-state index in [1.54, 1.807) is 25.2 Å². The average Bonchev–Trinajstić information content (AvgIpc) is 2.87. The summed E-state index contributed by atoms with van der Waals surface area (Å²) in [6, 6.07) is 7.57. The number of ether oxygens (including phenoxy) is 1. The van der Waals surface area contributed by atoms with E-state index in [9.17, 15) is 13.2 Å². The number of hydrogen-bond donors (Lipinski definition) is 1. The van der Waals surface area contributed by atoms with Gasteiger partial charge in [-0.25, -0.2) is 13.2 Å². The molecule has 0 fully saturated rings. The van der Waals surface area contributed by atoms with Gasteiger partial charge in [-0.1, -0.05) is 32.9 Å². The molecule has 8 heteroatoms. The molecule has 0 aliphatic carbocycles. The molecule has 1 heterocycles. The van der Waals surface area contributed by atoms with Crippen molar-refractivity contribution in [3.63, 3.8) is 0 Å². The predicted octanol–water partition coefficient (Wildman–Crippen LogP) is 2.31. The first-order valence-electron chi connectivity index (χ1n) is 7.31. The fourth-order valence-electron chi connectivity index (χ4n) is 2.10. The zero-order valence-corrected chi connectivity index (χ0v) is 15.1. The SMILES string of the molecule is COC(=O)c1ccccc1S(=O)(=O)Nc1cc(C(C)(C)C)nn1C. The second-order valence-corrected chi connectivity index (χ2v) is 8.03. The monoisotopic (exact) mass is 351 g/mol. The van der Waals surface area contributed by atoms with Crippen LogP contribution in [0.3, 0.4) is 0 Å². The molecule has 0 spiro atoms. The van der Waals surface area contributed by atoms with Crippen LogP contribution in [0.2, 0.25) is 0 Å². The third-order valence-electron chi connectivity index (χ3n) is 3.47. The lowest BCUT2D eigenvalue weighted by Crippen LogP contribution is -2.19. The smallest absolute Gasteiger partial charge is 0.339 e. The molecule has 7 nitrogen and oxygen atoms in total. The molecule has 0 aliphatic rings. The van der Waals surface area contributed by atoms with Gasteiger partial charge in [0.2, 0.25) is 0 Å².